The number of hydrogen-bond donors (Lipinski definition) is 2. The highest BCUT2D eigenvalue weighted by atomic mass is 16.5. The molecule has 6 nitrogen and oxygen atoms in total. The number of likely N-dealkylation sites (N-methyl/N-ethyl adjacent to an activating group) is 1. The third-order valence-corrected chi connectivity index (χ3v) is 1.90. The van der Waals surface area contributed by atoms with Gasteiger partial charge >= 0.3 is 5.97 Å². The van der Waals surface area contributed by atoms with Crippen LogP contribution >= 0.6 is 0 Å². The van der Waals surface area contributed by atoms with Crippen molar-refractivity contribution in [2.75, 3.05) is 40.5 Å². The number of aliphatic hydroxyl groups is 1. The van der Waals surface area contributed by atoms with Crippen LogP contribution in [0.4, 0.5) is 0 Å². The van der Waals surface area contributed by atoms with Gasteiger partial charge in [0.2, 0.25) is 0 Å². The Hall–Kier alpha value is -0.690. The zero-order valence-corrected chi connectivity index (χ0v) is 10.0. The lowest BCUT2D eigenvalue weighted by molar-refractivity contribution is -0.138. The normalized spacial score (nSPS) is 15.1. The smallest absolute Gasteiger partial charge is 0.317 e. The van der Waals surface area contributed by atoms with Crippen molar-refractivity contribution in [2.24, 2.45) is 0 Å². The summed E-state index contributed by atoms with van der Waals surface area (Å²) in [6.45, 7) is 2.67. The molecule has 0 radical (unpaired) electrons. The number of ether oxygens (including phenoxy) is 2. The predicted molar refractivity (Wildman–Crippen MR) is 58.4 cm³/mol. The van der Waals surface area contributed by atoms with Gasteiger partial charge in [0.25, 0.3) is 0 Å². The number of nitrogens with zero attached hydrogens (tertiary/aromatic N) is 1. The van der Waals surface area contributed by atoms with Gasteiger partial charge in [-0.25, -0.2) is 0 Å². The van der Waals surface area contributed by atoms with Crippen molar-refractivity contribution in [1.82, 2.24) is 4.90 Å². The molecule has 0 amide bonds. The molecule has 0 heterocycles. The molecule has 0 saturated carbocycles. The molecule has 0 saturated heterocycles. The highest BCUT2D eigenvalue weighted by Crippen LogP contribution is 1.96. The molecule has 2 N–H and O–H groups in total. The molecular formula is C10H21NO5. The van der Waals surface area contributed by atoms with Gasteiger partial charge in [0, 0.05) is 13.7 Å². The number of aliphatic hydroxyl groups excluding tert-OH is 1. The van der Waals surface area contributed by atoms with E-state index in [0.717, 1.165) is 0 Å². The molecule has 0 rings (SSSR count). The van der Waals surface area contributed by atoms with Gasteiger partial charge < -0.3 is 19.7 Å². The second-order valence-corrected chi connectivity index (χ2v) is 3.84. The molecule has 0 aliphatic heterocycles. The molecule has 2 unspecified atom stereocenters. The van der Waals surface area contributed by atoms with Gasteiger partial charge in [0.15, 0.2) is 0 Å². The topological polar surface area (TPSA) is 79.2 Å². The Labute approximate surface area is 95.8 Å². The van der Waals surface area contributed by atoms with Crippen LogP contribution in [0.1, 0.15) is 6.92 Å². The fraction of sp³-hybridized carbons (Fsp3) is 0.900. The summed E-state index contributed by atoms with van der Waals surface area (Å²) in [5.41, 5.74) is 0. The number of methoxy groups -OCH3 is 1. The first-order valence-electron chi connectivity index (χ1n) is 5.14. The molecule has 0 aliphatic rings. The van der Waals surface area contributed by atoms with Crippen molar-refractivity contribution in [3.05, 3.63) is 0 Å². The quantitative estimate of drug-likeness (QED) is 0.556. The Kier molecular flexibility index (Phi) is 8.10. The minimum Gasteiger partial charge on any atom is -0.480 e. The Morgan fingerprint density at radius 3 is 2.56 bits per heavy atom. The molecular weight excluding hydrogens is 214 g/mol. The van der Waals surface area contributed by atoms with E-state index in [4.69, 9.17) is 14.6 Å². The number of carboxylic acid groups (broad SMARTS) is 1. The molecule has 0 aromatic heterocycles. The lowest BCUT2D eigenvalue weighted by Gasteiger charge is -2.20. The van der Waals surface area contributed by atoms with E-state index in [2.05, 4.69) is 0 Å². The summed E-state index contributed by atoms with van der Waals surface area (Å²) in [6.07, 6.45) is -0.770. The third kappa shape index (κ3) is 8.60. The molecule has 0 aromatic carbocycles. The van der Waals surface area contributed by atoms with Crippen molar-refractivity contribution in [3.63, 3.8) is 0 Å². The summed E-state index contributed by atoms with van der Waals surface area (Å²) in [5.74, 6) is -0.914. The molecule has 2 atom stereocenters. The van der Waals surface area contributed by atoms with Crippen LogP contribution in [-0.4, -0.2) is 73.8 Å². The van der Waals surface area contributed by atoms with Crippen LogP contribution in [0.5, 0.6) is 0 Å². The second-order valence-electron chi connectivity index (χ2n) is 3.84. The molecule has 0 fully saturated rings. The van der Waals surface area contributed by atoms with E-state index in [1.807, 2.05) is 6.92 Å². The predicted octanol–water partition coefficient (Wildman–Crippen LogP) is -0.585. The maximum Gasteiger partial charge on any atom is 0.317 e. The van der Waals surface area contributed by atoms with Gasteiger partial charge in [-0.15, -0.1) is 0 Å². The number of hydrogen-bond acceptors (Lipinski definition) is 5. The Morgan fingerprint density at radius 1 is 1.44 bits per heavy atom. The zero-order valence-electron chi connectivity index (χ0n) is 10.0. The van der Waals surface area contributed by atoms with E-state index in [-0.39, 0.29) is 25.8 Å². The van der Waals surface area contributed by atoms with Crippen molar-refractivity contribution in [2.45, 2.75) is 19.1 Å². The van der Waals surface area contributed by atoms with Gasteiger partial charge in [0.05, 0.1) is 32.0 Å². The molecule has 0 aliphatic carbocycles. The molecule has 16 heavy (non-hydrogen) atoms. The lowest BCUT2D eigenvalue weighted by Crippen LogP contribution is -2.36. The van der Waals surface area contributed by atoms with Gasteiger partial charge in [-0.05, 0) is 14.0 Å². The van der Waals surface area contributed by atoms with Crippen molar-refractivity contribution < 1.29 is 24.5 Å². The minimum absolute atomic E-state index is 0.0792. The fourth-order valence-corrected chi connectivity index (χ4v) is 1.27. The first-order chi connectivity index (χ1) is 7.45. The molecule has 0 bridgehead atoms. The van der Waals surface area contributed by atoms with Crippen LogP contribution in [0, 0.1) is 0 Å². The monoisotopic (exact) mass is 235 g/mol. The maximum absolute atomic E-state index is 10.4. The standard InChI is InChI=1S/C10H21NO5/c1-8(6-15-3)16-7-9(12)4-11(2)5-10(13)14/h8-9,12H,4-7H2,1-3H3,(H,13,14). The molecule has 96 valence electrons. The minimum atomic E-state index is -0.914. The maximum atomic E-state index is 10.4. The Balaban J connectivity index is 3.64. The number of carboxylic acids is 1. The number of carbonyl (C=O) groups is 1. The van der Waals surface area contributed by atoms with Gasteiger partial charge in [-0.2, -0.15) is 0 Å². The summed E-state index contributed by atoms with van der Waals surface area (Å²) >= 11 is 0. The van der Waals surface area contributed by atoms with E-state index >= 15 is 0 Å². The first kappa shape index (κ1) is 15.3. The lowest BCUT2D eigenvalue weighted by atomic mass is 10.3. The van der Waals surface area contributed by atoms with Gasteiger partial charge in [-0.1, -0.05) is 0 Å². The first-order valence-corrected chi connectivity index (χ1v) is 5.14. The summed E-state index contributed by atoms with van der Waals surface area (Å²) in [6, 6.07) is 0. The van der Waals surface area contributed by atoms with E-state index < -0.39 is 12.1 Å². The summed E-state index contributed by atoms with van der Waals surface area (Å²) < 4.78 is 10.2. The van der Waals surface area contributed by atoms with Gasteiger partial charge in [-0.3, -0.25) is 9.69 Å². The van der Waals surface area contributed by atoms with Crippen LogP contribution in [-0.2, 0) is 14.3 Å². The van der Waals surface area contributed by atoms with Crippen LogP contribution in [0.3, 0.4) is 0 Å². The average Bonchev–Trinajstić information content (AvgIpc) is 2.13. The summed E-state index contributed by atoms with van der Waals surface area (Å²) in [7, 11) is 3.22. The summed E-state index contributed by atoms with van der Waals surface area (Å²) in [4.78, 5) is 11.9. The van der Waals surface area contributed by atoms with Crippen LogP contribution in [0.25, 0.3) is 0 Å². The van der Waals surface area contributed by atoms with Crippen molar-refractivity contribution in [1.29, 1.82) is 0 Å². The molecule has 6 heteroatoms. The average molecular weight is 235 g/mol. The second kappa shape index (κ2) is 8.46. The Bertz CT molecular complexity index is 200. The van der Waals surface area contributed by atoms with Gasteiger partial charge in [0.1, 0.15) is 0 Å². The number of aliphatic carboxylic acids is 1. The molecule has 0 aromatic rings. The third-order valence-electron chi connectivity index (χ3n) is 1.90. The zero-order chi connectivity index (χ0) is 12.6. The largest absolute Gasteiger partial charge is 0.480 e. The van der Waals surface area contributed by atoms with E-state index in [1.165, 1.54) is 4.90 Å². The van der Waals surface area contributed by atoms with Crippen LogP contribution in [0.15, 0.2) is 0 Å². The van der Waals surface area contributed by atoms with Crippen LogP contribution in [0.2, 0.25) is 0 Å². The van der Waals surface area contributed by atoms with Crippen LogP contribution < -0.4 is 0 Å². The fourth-order valence-electron chi connectivity index (χ4n) is 1.27. The number of rotatable bonds is 9. The highest BCUT2D eigenvalue weighted by Gasteiger charge is 2.12. The highest BCUT2D eigenvalue weighted by molar-refractivity contribution is 5.68. The van der Waals surface area contributed by atoms with E-state index in [9.17, 15) is 9.90 Å². The van der Waals surface area contributed by atoms with Crippen molar-refractivity contribution >= 4 is 5.97 Å². The van der Waals surface area contributed by atoms with E-state index in [0.29, 0.717) is 6.61 Å². The molecule has 0 spiro atoms. The Morgan fingerprint density at radius 2 is 2.06 bits per heavy atom. The van der Waals surface area contributed by atoms with Crippen molar-refractivity contribution in [3.8, 4) is 0 Å². The van der Waals surface area contributed by atoms with E-state index in [1.54, 1.807) is 14.2 Å². The summed E-state index contributed by atoms with van der Waals surface area (Å²) in [5, 5.41) is 18.1. The SMILES string of the molecule is COCC(C)OCC(O)CN(C)CC(=O)O.